The second kappa shape index (κ2) is 5.28. The molecule has 2 rings (SSSR count). The van der Waals surface area contributed by atoms with Gasteiger partial charge in [-0.05, 0) is 45.2 Å². The Kier molecular flexibility index (Phi) is 4.00. The molecule has 1 saturated carbocycles. The van der Waals surface area contributed by atoms with Crippen LogP contribution in [-0.4, -0.2) is 60.8 Å². The van der Waals surface area contributed by atoms with Gasteiger partial charge in [-0.15, -0.1) is 0 Å². The van der Waals surface area contributed by atoms with E-state index in [1.165, 1.54) is 45.3 Å². The summed E-state index contributed by atoms with van der Waals surface area (Å²) in [7, 11) is 2.27. The quantitative estimate of drug-likeness (QED) is 0.730. The molecule has 0 aromatic rings. The summed E-state index contributed by atoms with van der Waals surface area (Å²) in [5.74, 6) is 0.830. The molecule has 0 bridgehead atoms. The Morgan fingerprint density at radius 2 is 2.13 bits per heavy atom. The van der Waals surface area contributed by atoms with Gasteiger partial charge in [0, 0.05) is 25.7 Å². The highest BCUT2D eigenvalue weighted by Crippen LogP contribution is 2.27. The lowest BCUT2D eigenvalue weighted by Gasteiger charge is -2.34. The third-order valence-corrected chi connectivity index (χ3v) is 3.74. The van der Waals surface area contributed by atoms with Crippen molar-refractivity contribution in [2.75, 3.05) is 39.8 Å². The van der Waals surface area contributed by atoms with Gasteiger partial charge in [-0.3, -0.25) is 0 Å². The zero-order chi connectivity index (χ0) is 10.7. The van der Waals surface area contributed by atoms with Crippen LogP contribution in [0.2, 0.25) is 0 Å². The maximum absolute atomic E-state index is 8.93. The van der Waals surface area contributed by atoms with Gasteiger partial charge in [0.25, 0.3) is 0 Å². The molecule has 15 heavy (non-hydrogen) atoms. The zero-order valence-corrected chi connectivity index (χ0v) is 9.86. The second-order valence-corrected chi connectivity index (χ2v) is 5.20. The normalized spacial score (nSPS) is 28.6. The van der Waals surface area contributed by atoms with Crippen LogP contribution in [0.4, 0.5) is 0 Å². The van der Waals surface area contributed by atoms with Gasteiger partial charge in [-0.2, -0.15) is 0 Å². The van der Waals surface area contributed by atoms with Crippen LogP contribution < -0.4 is 0 Å². The first-order valence-corrected chi connectivity index (χ1v) is 6.33. The summed E-state index contributed by atoms with van der Waals surface area (Å²) in [4.78, 5) is 4.95. The number of β-amino-alcohol motifs (C(OH)–C–C–N with tert-alkyl or cyclic N) is 1. The molecule has 0 spiro atoms. The van der Waals surface area contributed by atoms with Gasteiger partial charge in [0.2, 0.25) is 0 Å². The standard InChI is InChI=1S/C12H24N2O/c1-13(12-4-5-12)9-11-3-2-6-14(10-11)7-8-15/h11-12,15H,2-10H2,1H3. The molecule has 1 saturated heterocycles. The van der Waals surface area contributed by atoms with E-state index >= 15 is 0 Å². The van der Waals surface area contributed by atoms with Crippen LogP contribution in [0.5, 0.6) is 0 Å². The van der Waals surface area contributed by atoms with E-state index in [1.807, 2.05) is 0 Å². The largest absolute Gasteiger partial charge is 0.395 e. The zero-order valence-electron chi connectivity index (χ0n) is 9.86. The van der Waals surface area contributed by atoms with Crippen molar-refractivity contribution in [1.82, 2.24) is 9.80 Å². The number of piperidine rings is 1. The summed E-state index contributed by atoms with van der Waals surface area (Å²) in [5.41, 5.74) is 0. The number of aliphatic hydroxyl groups is 1. The van der Waals surface area contributed by atoms with Crippen molar-refractivity contribution in [2.24, 2.45) is 5.92 Å². The first-order valence-electron chi connectivity index (χ1n) is 6.33. The molecule has 2 fully saturated rings. The van der Waals surface area contributed by atoms with Crippen LogP contribution in [0.1, 0.15) is 25.7 Å². The fourth-order valence-corrected chi connectivity index (χ4v) is 2.72. The number of rotatable bonds is 5. The molecule has 3 nitrogen and oxygen atoms in total. The molecule has 1 unspecified atom stereocenters. The fraction of sp³-hybridized carbons (Fsp3) is 1.00. The molecule has 0 amide bonds. The molecule has 0 aromatic carbocycles. The van der Waals surface area contributed by atoms with Crippen molar-refractivity contribution in [1.29, 1.82) is 0 Å². The fourth-order valence-electron chi connectivity index (χ4n) is 2.72. The van der Waals surface area contributed by atoms with Crippen molar-refractivity contribution < 1.29 is 5.11 Å². The molecule has 1 aliphatic carbocycles. The third kappa shape index (κ3) is 3.44. The molecular weight excluding hydrogens is 188 g/mol. The van der Waals surface area contributed by atoms with Crippen LogP contribution in [0, 0.1) is 5.92 Å². The number of nitrogens with zero attached hydrogens (tertiary/aromatic N) is 2. The van der Waals surface area contributed by atoms with Gasteiger partial charge in [0.05, 0.1) is 6.61 Å². The molecular formula is C12H24N2O. The van der Waals surface area contributed by atoms with Crippen LogP contribution in [0.25, 0.3) is 0 Å². The van der Waals surface area contributed by atoms with E-state index in [2.05, 4.69) is 16.8 Å². The van der Waals surface area contributed by atoms with Gasteiger partial charge >= 0.3 is 0 Å². The van der Waals surface area contributed by atoms with Crippen molar-refractivity contribution in [3.8, 4) is 0 Å². The Hall–Kier alpha value is -0.120. The summed E-state index contributed by atoms with van der Waals surface area (Å²) < 4.78 is 0. The molecule has 1 heterocycles. The lowest BCUT2D eigenvalue weighted by atomic mass is 9.97. The topological polar surface area (TPSA) is 26.7 Å². The minimum atomic E-state index is 0.311. The first-order chi connectivity index (χ1) is 7.29. The summed E-state index contributed by atoms with van der Waals surface area (Å²) in [6.45, 7) is 4.81. The summed E-state index contributed by atoms with van der Waals surface area (Å²) in [5, 5.41) is 8.93. The van der Waals surface area contributed by atoms with Crippen molar-refractivity contribution in [3.63, 3.8) is 0 Å². The highest BCUT2D eigenvalue weighted by atomic mass is 16.3. The highest BCUT2D eigenvalue weighted by Gasteiger charge is 2.29. The summed E-state index contributed by atoms with van der Waals surface area (Å²) in [6, 6.07) is 0.887. The van der Waals surface area contributed by atoms with E-state index in [0.717, 1.165) is 18.5 Å². The SMILES string of the molecule is CN(CC1CCCN(CCO)C1)C1CC1. The van der Waals surface area contributed by atoms with Gasteiger partial charge in [0.15, 0.2) is 0 Å². The van der Waals surface area contributed by atoms with E-state index in [-0.39, 0.29) is 0 Å². The van der Waals surface area contributed by atoms with E-state index < -0.39 is 0 Å². The Labute approximate surface area is 93.1 Å². The van der Waals surface area contributed by atoms with Crippen LogP contribution in [0.15, 0.2) is 0 Å². The van der Waals surface area contributed by atoms with Crippen molar-refractivity contribution in [3.05, 3.63) is 0 Å². The highest BCUT2D eigenvalue weighted by molar-refractivity contribution is 4.85. The number of aliphatic hydroxyl groups excluding tert-OH is 1. The summed E-state index contributed by atoms with van der Waals surface area (Å²) in [6.07, 6.45) is 5.50. The van der Waals surface area contributed by atoms with E-state index in [0.29, 0.717) is 6.61 Å². The average molecular weight is 212 g/mol. The van der Waals surface area contributed by atoms with Crippen LogP contribution in [0.3, 0.4) is 0 Å². The maximum Gasteiger partial charge on any atom is 0.0558 e. The Morgan fingerprint density at radius 1 is 1.33 bits per heavy atom. The smallest absolute Gasteiger partial charge is 0.0558 e. The van der Waals surface area contributed by atoms with Gasteiger partial charge in [-0.1, -0.05) is 0 Å². The van der Waals surface area contributed by atoms with E-state index in [9.17, 15) is 0 Å². The number of hydrogen-bond acceptors (Lipinski definition) is 3. The maximum atomic E-state index is 8.93. The van der Waals surface area contributed by atoms with Gasteiger partial charge < -0.3 is 14.9 Å². The van der Waals surface area contributed by atoms with Crippen LogP contribution >= 0.6 is 0 Å². The molecule has 0 aromatic heterocycles. The number of likely N-dealkylation sites (tertiary alicyclic amines) is 1. The van der Waals surface area contributed by atoms with E-state index in [4.69, 9.17) is 5.11 Å². The first kappa shape index (κ1) is 11.4. The summed E-state index contributed by atoms with van der Waals surface area (Å²) >= 11 is 0. The molecule has 1 N–H and O–H groups in total. The number of hydrogen-bond donors (Lipinski definition) is 1. The molecule has 0 radical (unpaired) electrons. The lowest BCUT2D eigenvalue weighted by Crippen LogP contribution is -2.41. The Morgan fingerprint density at radius 3 is 2.80 bits per heavy atom. The molecule has 3 heteroatoms. The van der Waals surface area contributed by atoms with Gasteiger partial charge in [-0.25, -0.2) is 0 Å². The predicted molar refractivity (Wildman–Crippen MR) is 61.9 cm³/mol. The van der Waals surface area contributed by atoms with Crippen molar-refractivity contribution >= 4 is 0 Å². The third-order valence-electron chi connectivity index (χ3n) is 3.74. The Bertz CT molecular complexity index is 192. The molecule has 2 aliphatic rings. The van der Waals surface area contributed by atoms with E-state index in [1.54, 1.807) is 0 Å². The monoisotopic (exact) mass is 212 g/mol. The minimum Gasteiger partial charge on any atom is -0.395 e. The minimum absolute atomic E-state index is 0.311. The average Bonchev–Trinajstić information content (AvgIpc) is 3.01. The Balaban J connectivity index is 1.71. The lowest BCUT2D eigenvalue weighted by molar-refractivity contribution is 0.119. The predicted octanol–water partition coefficient (Wildman–Crippen LogP) is 0.785. The molecule has 1 aliphatic heterocycles. The van der Waals surface area contributed by atoms with Crippen molar-refractivity contribution in [2.45, 2.75) is 31.7 Å². The molecule has 88 valence electrons. The van der Waals surface area contributed by atoms with Crippen LogP contribution in [-0.2, 0) is 0 Å². The second-order valence-electron chi connectivity index (χ2n) is 5.20. The van der Waals surface area contributed by atoms with Gasteiger partial charge in [0.1, 0.15) is 0 Å². The molecule has 1 atom stereocenters.